The van der Waals surface area contributed by atoms with Gasteiger partial charge in [0.2, 0.25) is 0 Å². The van der Waals surface area contributed by atoms with Crippen LogP contribution in [-0.2, 0) is 13.5 Å². The molecule has 1 saturated heterocycles. The maximum Gasteiger partial charge on any atom is 0.0859 e. The van der Waals surface area contributed by atoms with Gasteiger partial charge in [0.15, 0.2) is 0 Å². The molecule has 0 amide bonds. The molecule has 1 fully saturated rings. The van der Waals surface area contributed by atoms with Crippen molar-refractivity contribution in [1.82, 2.24) is 26.5 Å². The summed E-state index contributed by atoms with van der Waals surface area (Å²) in [6.07, 6.45) is 5.91. The number of aryl methyl sites for hydroxylation is 2. The van der Waals surface area contributed by atoms with E-state index in [1.54, 1.807) is 0 Å². The third kappa shape index (κ3) is 2.26. The van der Waals surface area contributed by atoms with Crippen molar-refractivity contribution < 1.29 is 0 Å². The van der Waals surface area contributed by atoms with E-state index in [-0.39, 0.29) is 0 Å². The molecule has 0 radical (unpaired) electrons. The average molecular weight is 245 g/mol. The smallest absolute Gasteiger partial charge is 0.0859 e. The number of hydrogen-bond donors (Lipinski definition) is 4. The van der Waals surface area contributed by atoms with Gasteiger partial charge in [0.25, 0.3) is 0 Å². The zero-order valence-electron chi connectivity index (χ0n) is 10.5. The van der Waals surface area contributed by atoms with E-state index in [4.69, 9.17) is 0 Å². The van der Waals surface area contributed by atoms with E-state index in [0.29, 0.717) is 6.17 Å². The molecular formula is C13H19N5. The van der Waals surface area contributed by atoms with Crippen molar-refractivity contribution in [2.75, 3.05) is 0 Å². The third-order valence-corrected chi connectivity index (χ3v) is 3.47. The lowest BCUT2D eigenvalue weighted by Crippen LogP contribution is -2.33. The molecule has 5 nitrogen and oxygen atoms in total. The summed E-state index contributed by atoms with van der Waals surface area (Å²) >= 11 is 0. The predicted octanol–water partition coefficient (Wildman–Crippen LogP) is 0.944. The molecule has 18 heavy (non-hydrogen) atoms. The molecule has 5 heteroatoms. The molecule has 0 aliphatic carbocycles. The second-order valence-corrected chi connectivity index (χ2v) is 4.77. The molecule has 1 aliphatic rings. The lowest BCUT2D eigenvalue weighted by Gasteiger charge is -2.07. The largest absolute Gasteiger partial charge is 0.350 e. The summed E-state index contributed by atoms with van der Waals surface area (Å²) in [6, 6.07) is 8.59. The maximum atomic E-state index is 3.11. The molecule has 3 rings (SSSR count). The van der Waals surface area contributed by atoms with Crippen LogP contribution in [0.15, 0.2) is 30.5 Å². The first-order valence-electron chi connectivity index (χ1n) is 6.38. The molecule has 1 aromatic heterocycles. The number of nitrogens with one attached hydrogen (secondary N) is 4. The van der Waals surface area contributed by atoms with Crippen LogP contribution in [0.1, 0.15) is 18.4 Å². The summed E-state index contributed by atoms with van der Waals surface area (Å²) in [6.45, 7) is 0. The normalized spacial score (nSPS) is 16.7. The van der Waals surface area contributed by atoms with Crippen LogP contribution >= 0.6 is 0 Å². The fourth-order valence-electron chi connectivity index (χ4n) is 2.55. The number of hydrazine groups is 3. The Kier molecular flexibility index (Phi) is 3.29. The SMILES string of the molecule is Cn1cc(CCCC2NNNN2)c2ccccc21. The standard InChI is InChI=1S/C13H19N5/c1-18-9-10(11-6-2-3-7-12(11)18)5-4-8-13-14-16-17-15-13/h2-3,6-7,9,13-17H,4-5,8H2,1H3. The molecule has 96 valence electrons. The lowest BCUT2D eigenvalue weighted by atomic mass is 10.1. The Morgan fingerprint density at radius 3 is 2.78 bits per heavy atom. The van der Waals surface area contributed by atoms with Crippen LogP contribution in [-0.4, -0.2) is 10.7 Å². The first-order chi connectivity index (χ1) is 8.84. The summed E-state index contributed by atoms with van der Waals surface area (Å²) in [5.74, 6) is 0. The number of hydrogen-bond acceptors (Lipinski definition) is 4. The minimum absolute atomic E-state index is 0.306. The van der Waals surface area contributed by atoms with Crippen molar-refractivity contribution in [2.24, 2.45) is 7.05 Å². The van der Waals surface area contributed by atoms with Crippen LogP contribution in [0.2, 0.25) is 0 Å². The molecule has 4 N–H and O–H groups in total. The third-order valence-electron chi connectivity index (χ3n) is 3.47. The van der Waals surface area contributed by atoms with Gasteiger partial charge in [-0.15, -0.1) is 0 Å². The molecule has 1 aliphatic heterocycles. The van der Waals surface area contributed by atoms with Gasteiger partial charge in [0, 0.05) is 24.1 Å². The summed E-state index contributed by atoms with van der Waals surface area (Å²) < 4.78 is 2.21. The zero-order chi connectivity index (χ0) is 12.4. The predicted molar refractivity (Wildman–Crippen MR) is 72.2 cm³/mol. The van der Waals surface area contributed by atoms with E-state index in [2.05, 4.69) is 64.0 Å². The Morgan fingerprint density at radius 1 is 1.17 bits per heavy atom. The van der Waals surface area contributed by atoms with Crippen molar-refractivity contribution in [3.63, 3.8) is 0 Å². The molecule has 0 saturated carbocycles. The van der Waals surface area contributed by atoms with Gasteiger partial charge < -0.3 is 4.57 Å². The van der Waals surface area contributed by atoms with Crippen LogP contribution in [0.3, 0.4) is 0 Å². The van der Waals surface area contributed by atoms with E-state index in [1.165, 1.54) is 16.5 Å². The van der Waals surface area contributed by atoms with E-state index in [1.807, 2.05) is 0 Å². The fraction of sp³-hybridized carbons (Fsp3) is 0.385. The fourth-order valence-corrected chi connectivity index (χ4v) is 2.55. The maximum absolute atomic E-state index is 3.11. The Hall–Kier alpha value is -1.40. The second kappa shape index (κ2) is 5.07. The van der Waals surface area contributed by atoms with E-state index in [9.17, 15) is 0 Å². The first kappa shape index (κ1) is 11.7. The summed E-state index contributed by atoms with van der Waals surface area (Å²) in [4.78, 5) is 0. The van der Waals surface area contributed by atoms with Gasteiger partial charge in [-0.2, -0.15) is 11.1 Å². The molecular weight excluding hydrogens is 226 g/mol. The molecule has 0 unspecified atom stereocenters. The van der Waals surface area contributed by atoms with Gasteiger partial charge in [0.1, 0.15) is 0 Å². The number of rotatable bonds is 4. The Labute approximate surface area is 106 Å². The van der Waals surface area contributed by atoms with Gasteiger partial charge in [0.05, 0.1) is 6.17 Å². The van der Waals surface area contributed by atoms with Gasteiger partial charge in [-0.25, -0.2) is 10.9 Å². The number of aromatic nitrogens is 1. The van der Waals surface area contributed by atoms with Crippen LogP contribution in [0.4, 0.5) is 0 Å². The monoisotopic (exact) mass is 245 g/mol. The summed E-state index contributed by atoms with van der Waals surface area (Å²) in [5, 5.41) is 1.38. The molecule has 0 spiro atoms. The quantitative estimate of drug-likeness (QED) is 0.648. The van der Waals surface area contributed by atoms with Gasteiger partial charge in [-0.3, -0.25) is 0 Å². The Bertz CT molecular complexity index is 527. The molecule has 0 atom stereocenters. The topological polar surface area (TPSA) is 53.1 Å². The molecule has 1 aromatic carbocycles. The van der Waals surface area contributed by atoms with Crippen LogP contribution < -0.4 is 21.9 Å². The van der Waals surface area contributed by atoms with E-state index in [0.717, 1.165) is 19.3 Å². The van der Waals surface area contributed by atoms with Crippen molar-refractivity contribution in [3.8, 4) is 0 Å². The lowest BCUT2D eigenvalue weighted by molar-refractivity contribution is 0.473. The van der Waals surface area contributed by atoms with E-state index < -0.39 is 0 Å². The van der Waals surface area contributed by atoms with Crippen molar-refractivity contribution in [2.45, 2.75) is 25.4 Å². The zero-order valence-corrected chi connectivity index (χ0v) is 10.5. The number of nitrogens with zero attached hydrogens (tertiary/aromatic N) is 1. The molecule has 0 bridgehead atoms. The van der Waals surface area contributed by atoms with Gasteiger partial charge in [-0.05, 0) is 30.9 Å². The number of para-hydroxylation sites is 1. The van der Waals surface area contributed by atoms with Crippen molar-refractivity contribution in [1.29, 1.82) is 0 Å². The second-order valence-electron chi connectivity index (χ2n) is 4.77. The Morgan fingerprint density at radius 2 is 1.94 bits per heavy atom. The summed E-state index contributed by atoms with van der Waals surface area (Å²) in [5.41, 5.74) is 14.6. The molecule has 2 heterocycles. The Balaban J connectivity index is 1.67. The van der Waals surface area contributed by atoms with Crippen LogP contribution in [0.5, 0.6) is 0 Å². The highest BCUT2D eigenvalue weighted by molar-refractivity contribution is 5.83. The van der Waals surface area contributed by atoms with Gasteiger partial charge in [-0.1, -0.05) is 18.2 Å². The summed E-state index contributed by atoms with van der Waals surface area (Å²) in [7, 11) is 2.11. The van der Waals surface area contributed by atoms with E-state index >= 15 is 0 Å². The van der Waals surface area contributed by atoms with Crippen molar-refractivity contribution in [3.05, 3.63) is 36.0 Å². The molecule has 2 aromatic rings. The van der Waals surface area contributed by atoms with Gasteiger partial charge >= 0.3 is 0 Å². The highest BCUT2D eigenvalue weighted by Crippen LogP contribution is 2.21. The highest BCUT2D eigenvalue weighted by Gasteiger charge is 2.12. The number of fused-ring (bicyclic) bond motifs is 1. The minimum Gasteiger partial charge on any atom is -0.350 e. The van der Waals surface area contributed by atoms with Crippen LogP contribution in [0.25, 0.3) is 10.9 Å². The minimum atomic E-state index is 0.306. The van der Waals surface area contributed by atoms with Crippen LogP contribution in [0, 0.1) is 0 Å². The first-order valence-corrected chi connectivity index (χ1v) is 6.38. The highest BCUT2D eigenvalue weighted by atomic mass is 15.8. The average Bonchev–Trinajstić information content (AvgIpc) is 3.00. The van der Waals surface area contributed by atoms with Crippen molar-refractivity contribution >= 4 is 10.9 Å². The number of benzene rings is 1.